The fourth-order valence-corrected chi connectivity index (χ4v) is 2.89. The van der Waals surface area contributed by atoms with E-state index >= 15 is 0 Å². The molecule has 1 nitrogen and oxygen atoms in total. The van der Waals surface area contributed by atoms with Gasteiger partial charge in [0.1, 0.15) is 0 Å². The van der Waals surface area contributed by atoms with Crippen LogP contribution in [0.5, 0.6) is 0 Å². The molecular weight excluding hydrogens is 230 g/mol. The molecule has 0 bridgehead atoms. The summed E-state index contributed by atoms with van der Waals surface area (Å²) in [5.41, 5.74) is 4.15. The molecule has 0 saturated carbocycles. The van der Waals surface area contributed by atoms with E-state index in [4.69, 9.17) is 0 Å². The lowest BCUT2D eigenvalue weighted by molar-refractivity contribution is 0.672. The molecule has 0 radical (unpaired) electrons. The van der Waals surface area contributed by atoms with E-state index < -0.39 is 0 Å². The Morgan fingerprint density at radius 3 is 2.26 bits per heavy atom. The van der Waals surface area contributed by atoms with Crippen LogP contribution in [-0.4, -0.2) is 6.04 Å². The van der Waals surface area contributed by atoms with Crippen LogP contribution in [0.25, 0.3) is 0 Å². The summed E-state index contributed by atoms with van der Waals surface area (Å²) in [4.78, 5) is 0. The van der Waals surface area contributed by atoms with Gasteiger partial charge in [0.15, 0.2) is 0 Å². The highest BCUT2D eigenvalue weighted by Crippen LogP contribution is 2.28. The maximum absolute atomic E-state index is 3.68. The van der Waals surface area contributed by atoms with Crippen molar-refractivity contribution in [2.24, 2.45) is 11.8 Å². The van der Waals surface area contributed by atoms with Gasteiger partial charge in [-0.3, -0.25) is 0 Å². The average Bonchev–Trinajstić information content (AvgIpc) is 2.90. The SMILES string of the molecule is CC1C=CC(C2=CCC(C3=CCC(C)C=C3)N2)=CC1. The Bertz CT molecular complexity index is 502. The van der Waals surface area contributed by atoms with Crippen LogP contribution in [0.4, 0.5) is 0 Å². The Labute approximate surface area is 116 Å². The summed E-state index contributed by atoms with van der Waals surface area (Å²) in [6, 6.07) is 0.479. The van der Waals surface area contributed by atoms with Crippen molar-refractivity contribution in [3.63, 3.8) is 0 Å². The lowest BCUT2D eigenvalue weighted by Crippen LogP contribution is -2.25. The molecule has 1 heteroatoms. The topological polar surface area (TPSA) is 12.0 Å². The molecule has 1 N–H and O–H groups in total. The Morgan fingerprint density at radius 2 is 1.63 bits per heavy atom. The normalized spacial score (nSPS) is 33.6. The van der Waals surface area contributed by atoms with Crippen molar-refractivity contribution < 1.29 is 0 Å². The summed E-state index contributed by atoms with van der Waals surface area (Å²) in [5, 5.41) is 3.68. The number of rotatable bonds is 2. The number of nitrogens with one attached hydrogen (secondary N) is 1. The van der Waals surface area contributed by atoms with Crippen LogP contribution in [-0.2, 0) is 0 Å². The highest BCUT2D eigenvalue weighted by Gasteiger charge is 2.21. The maximum Gasteiger partial charge on any atom is 0.0546 e. The third-order valence-corrected chi connectivity index (χ3v) is 4.26. The average molecular weight is 253 g/mol. The first-order valence-corrected chi connectivity index (χ1v) is 7.46. The molecule has 0 aromatic heterocycles. The molecule has 0 aromatic rings. The van der Waals surface area contributed by atoms with E-state index in [0.29, 0.717) is 17.9 Å². The Morgan fingerprint density at radius 1 is 0.895 bits per heavy atom. The molecule has 0 fully saturated rings. The van der Waals surface area contributed by atoms with Crippen molar-refractivity contribution in [1.29, 1.82) is 0 Å². The first kappa shape index (κ1) is 12.5. The molecule has 3 aliphatic rings. The minimum Gasteiger partial charge on any atom is -0.378 e. The van der Waals surface area contributed by atoms with Gasteiger partial charge in [-0.2, -0.15) is 0 Å². The number of hydrogen-bond donors (Lipinski definition) is 1. The smallest absolute Gasteiger partial charge is 0.0546 e. The van der Waals surface area contributed by atoms with Crippen LogP contribution in [0.3, 0.4) is 0 Å². The van der Waals surface area contributed by atoms with Gasteiger partial charge in [0, 0.05) is 5.70 Å². The molecule has 0 saturated heterocycles. The minimum atomic E-state index is 0.479. The highest BCUT2D eigenvalue weighted by atomic mass is 15.0. The van der Waals surface area contributed by atoms with E-state index in [2.05, 4.69) is 61.7 Å². The van der Waals surface area contributed by atoms with Gasteiger partial charge in [0.05, 0.1) is 6.04 Å². The van der Waals surface area contributed by atoms with Crippen molar-refractivity contribution in [1.82, 2.24) is 5.32 Å². The molecule has 1 heterocycles. The Hall–Kier alpha value is -1.50. The second-order valence-electron chi connectivity index (χ2n) is 6.06. The molecule has 3 rings (SSSR count). The maximum atomic E-state index is 3.68. The highest BCUT2D eigenvalue weighted by molar-refractivity contribution is 5.45. The van der Waals surface area contributed by atoms with Crippen molar-refractivity contribution in [3.05, 3.63) is 59.4 Å². The summed E-state index contributed by atoms with van der Waals surface area (Å²) in [6.45, 7) is 4.54. The van der Waals surface area contributed by atoms with Crippen molar-refractivity contribution in [3.8, 4) is 0 Å². The fraction of sp³-hybridized carbons (Fsp3) is 0.444. The predicted octanol–water partition coefficient (Wildman–Crippen LogP) is 4.28. The van der Waals surface area contributed by atoms with Crippen LogP contribution in [0.1, 0.15) is 33.1 Å². The van der Waals surface area contributed by atoms with Crippen LogP contribution in [0.15, 0.2) is 59.4 Å². The van der Waals surface area contributed by atoms with Gasteiger partial charge >= 0.3 is 0 Å². The van der Waals surface area contributed by atoms with Gasteiger partial charge in [0.25, 0.3) is 0 Å². The van der Waals surface area contributed by atoms with Crippen molar-refractivity contribution in [2.75, 3.05) is 0 Å². The van der Waals surface area contributed by atoms with E-state index in [0.717, 1.165) is 12.8 Å². The number of hydrogen-bond acceptors (Lipinski definition) is 1. The summed E-state index contributed by atoms with van der Waals surface area (Å²) in [7, 11) is 0. The van der Waals surface area contributed by atoms with Crippen LogP contribution < -0.4 is 5.32 Å². The third kappa shape index (κ3) is 2.75. The molecule has 19 heavy (non-hydrogen) atoms. The van der Waals surface area contributed by atoms with Crippen LogP contribution in [0, 0.1) is 11.8 Å². The second-order valence-corrected chi connectivity index (χ2v) is 6.06. The lowest BCUT2D eigenvalue weighted by atomic mass is 9.94. The molecule has 0 amide bonds. The van der Waals surface area contributed by atoms with E-state index in [9.17, 15) is 0 Å². The zero-order valence-corrected chi connectivity index (χ0v) is 11.9. The fourth-order valence-electron chi connectivity index (χ4n) is 2.89. The third-order valence-electron chi connectivity index (χ3n) is 4.26. The number of allylic oxidation sites excluding steroid dienone is 5. The Kier molecular flexibility index (Phi) is 3.46. The minimum absolute atomic E-state index is 0.479. The standard InChI is InChI=1S/C18H23N/c1-13-3-7-15(8-4-13)17-11-12-18(19-17)16-9-5-14(2)6-10-16/h3,5,7-11,13-14,18-19H,4,6,12H2,1-2H3. The molecule has 3 atom stereocenters. The summed E-state index contributed by atoms with van der Waals surface area (Å²) in [5.74, 6) is 1.38. The van der Waals surface area contributed by atoms with Gasteiger partial charge in [0.2, 0.25) is 0 Å². The zero-order chi connectivity index (χ0) is 13.2. The molecule has 0 spiro atoms. The van der Waals surface area contributed by atoms with Crippen LogP contribution in [0.2, 0.25) is 0 Å². The molecular formula is C18H23N. The molecule has 0 aromatic carbocycles. The molecule has 100 valence electrons. The van der Waals surface area contributed by atoms with Gasteiger partial charge in [-0.05, 0) is 42.2 Å². The van der Waals surface area contributed by atoms with Gasteiger partial charge in [-0.15, -0.1) is 0 Å². The molecule has 3 unspecified atom stereocenters. The first-order chi connectivity index (χ1) is 9.22. The Balaban J connectivity index is 1.64. The quantitative estimate of drug-likeness (QED) is 0.774. The summed E-state index contributed by atoms with van der Waals surface area (Å²) < 4.78 is 0. The van der Waals surface area contributed by atoms with Gasteiger partial charge in [-0.25, -0.2) is 0 Å². The van der Waals surface area contributed by atoms with Crippen molar-refractivity contribution >= 4 is 0 Å². The summed E-state index contributed by atoms with van der Waals surface area (Å²) >= 11 is 0. The van der Waals surface area contributed by atoms with Gasteiger partial charge < -0.3 is 5.32 Å². The summed E-state index contributed by atoms with van der Waals surface area (Å²) in [6.07, 6.45) is 19.8. The van der Waals surface area contributed by atoms with E-state index in [1.165, 1.54) is 23.3 Å². The lowest BCUT2D eigenvalue weighted by Gasteiger charge is -2.20. The van der Waals surface area contributed by atoms with Gasteiger partial charge in [-0.1, -0.05) is 56.4 Å². The van der Waals surface area contributed by atoms with E-state index in [-0.39, 0.29) is 0 Å². The monoisotopic (exact) mass is 253 g/mol. The largest absolute Gasteiger partial charge is 0.378 e. The van der Waals surface area contributed by atoms with Crippen molar-refractivity contribution in [2.45, 2.75) is 39.2 Å². The molecule has 1 aliphatic heterocycles. The first-order valence-electron chi connectivity index (χ1n) is 7.46. The zero-order valence-electron chi connectivity index (χ0n) is 11.9. The predicted molar refractivity (Wildman–Crippen MR) is 81.6 cm³/mol. The van der Waals surface area contributed by atoms with E-state index in [1.54, 1.807) is 0 Å². The van der Waals surface area contributed by atoms with E-state index in [1.807, 2.05) is 0 Å². The van der Waals surface area contributed by atoms with Crippen LogP contribution >= 0.6 is 0 Å². The molecule has 2 aliphatic carbocycles. The second kappa shape index (κ2) is 5.24.